The van der Waals surface area contributed by atoms with E-state index in [0.29, 0.717) is 0 Å². The van der Waals surface area contributed by atoms with Crippen LogP contribution in [0.5, 0.6) is 0 Å². The molecule has 64 valence electrons. The van der Waals surface area contributed by atoms with Crippen LogP contribution in [0, 0.1) is 23.2 Å². The lowest BCUT2D eigenvalue weighted by molar-refractivity contribution is -0.0448. The van der Waals surface area contributed by atoms with Gasteiger partial charge in [-0.1, -0.05) is 33.6 Å². The molecule has 0 aliphatic heterocycles. The van der Waals surface area contributed by atoms with Gasteiger partial charge in [-0.25, -0.2) is 0 Å². The van der Waals surface area contributed by atoms with Gasteiger partial charge in [0.1, 0.15) is 0 Å². The van der Waals surface area contributed by atoms with Crippen LogP contribution in [0.15, 0.2) is 0 Å². The monoisotopic (exact) mass is 152 g/mol. The van der Waals surface area contributed by atoms with E-state index >= 15 is 0 Å². The summed E-state index contributed by atoms with van der Waals surface area (Å²) < 4.78 is 0. The van der Waals surface area contributed by atoms with Crippen molar-refractivity contribution in [1.29, 1.82) is 0 Å². The molecule has 0 amide bonds. The third kappa shape index (κ3) is 0.878. The molecule has 2 fully saturated rings. The molecular weight excluding hydrogens is 132 g/mol. The molecule has 3 atom stereocenters. The van der Waals surface area contributed by atoms with E-state index in [1.807, 2.05) is 0 Å². The van der Waals surface area contributed by atoms with Gasteiger partial charge < -0.3 is 0 Å². The molecule has 11 heavy (non-hydrogen) atoms. The SMILES string of the molecule is CC(C)C1(C)CC2CCCC21. The van der Waals surface area contributed by atoms with Crippen molar-refractivity contribution in [1.82, 2.24) is 0 Å². The molecule has 0 N–H and O–H groups in total. The van der Waals surface area contributed by atoms with E-state index in [0.717, 1.165) is 23.2 Å². The first-order valence-corrected chi connectivity index (χ1v) is 5.14. The molecular formula is C11H20. The summed E-state index contributed by atoms with van der Waals surface area (Å²) in [4.78, 5) is 0. The average Bonchev–Trinajstić information content (AvgIpc) is 2.29. The predicted molar refractivity (Wildman–Crippen MR) is 48.4 cm³/mol. The first-order chi connectivity index (χ1) is 5.14. The molecule has 0 aromatic carbocycles. The zero-order valence-electron chi connectivity index (χ0n) is 8.06. The average molecular weight is 152 g/mol. The van der Waals surface area contributed by atoms with E-state index in [-0.39, 0.29) is 0 Å². The van der Waals surface area contributed by atoms with Crippen molar-refractivity contribution in [2.75, 3.05) is 0 Å². The summed E-state index contributed by atoms with van der Waals surface area (Å²) >= 11 is 0. The second kappa shape index (κ2) is 2.24. The Morgan fingerprint density at radius 2 is 2.00 bits per heavy atom. The number of hydrogen-bond acceptors (Lipinski definition) is 0. The summed E-state index contributed by atoms with van der Waals surface area (Å²) in [5.41, 5.74) is 0.723. The number of rotatable bonds is 1. The predicted octanol–water partition coefficient (Wildman–Crippen LogP) is 3.47. The summed E-state index contributed by atoms with van der Waals surface area (Å²) in [6.07, 6.45) is 6.10. The highest BCUT2D eigenvalue weighted by Gasteiger charge is 2.53. The Hall–Kier alpha value is 0. The Morgan fingerprint density at radius 3 is 2.55 bits per heavy atom. The van der Waals surface area contributed by atoms with Crippen molar-refractivity contribution in [2.45, 2.75) is 46.5 Å². The molecule has 0 aromatic rings. The summed E-state index contributed by atoms with van der Waals surface area (Å²) in [5, 5.41) is 0. The summed E-state index contributed by atoms with van der Waals surface area (Å²) in [7, 11) is 0. The van der Waals surface area contributed by atoms with Gasteiger partial charge in [-0.05, 0) is 36.0 Å². The fourth-order valence-electron chi connectivity index (χ4n) is 3.37. The van der Waals surface area contributed by atoms with Crippen LogP contribution in [0.1, 0.15) is 46.5 Å². The van der Waals surface area contributed by atoms with Crippen LogP contribution in [-0.4, -0.2) is 0 Å². The normalized spacial score (nSPS) is 49.1. The van der Waals surface area contributed by atoms with Crippen molar-refractivity contribution < 1.29 is 0 Å². The lowest BCUT2D eigenvalue weighted by Gasteiger charge is -2.53. The Bertz CT molecular complexity index is 159. The second-order valence-corrected chi connectivity index (χ2v) is 5.16. The van der Waals surface area contributed by atoms with Gasteiger partial charge in [0.25, 0.3) is 0 Å². The lowest BCUT2D eigenvalue weighted by Crippen LogP contribution is -2.46. The molecule has 0 saturated heterocycles. The highest BCUT2D eigenvalue weighted by molar-refractivity contribution is 5.02. The minimum Gasteiger partial charge on any atom is -0.0622 e. The van der Waals surface area contributed by atoms with Gasteiger partial charge in [-0.3, -0.25) is 0 Å². The van der Waals surface area contributed by atoms with Gasteiger partial charge in [0.15, 0.2) is 0 Å². The van der Waals surface area contributed by atoms with Gasteiger partial charge >= 0.3 is 0 Å². The fraction of sp³-hybridized carbons (Fsp3) is 1.00. The molecule has 2 aliphatic rings. The van der Waals surface area contributed by atoms with E-state index in [4.69, 9.17) is 0 Å². The molecule has 2 rings (SSSR count). The van der Waals surface area contributed by atoms with Crippen molar-refractivity contribution >= 4 is 0 Å². The van der Waals surface area contributed by atoms with Crippen LogP contribution in [-0.2, 0) is 0 Å². The first kappa shape index (κ1) is 7.64. The second-order valence-electron chi connectivity index (χ2n) is 5.16. The third-order valence-electron chi connectivity index (χ3n) is 4.53. The van der Waals surface area contributed by atoms with Gasteiger partial charge in [-0.15, -0.1) is 0 Å². The van der Waals surface area contributed by atoms with Crippen molar-refractivity contribution in [3.63, 3.8) is 0 Å². The molecule has 3 unspecified atom stereocenters. The zero-order valence-corrected chi connectivity index (χ0v) is 8.06. The zero-order chi connectivity index (χ0) is 8.06. The highest BCUT2D eigenvalue weighted by Crippen LogP contribution is 2.62. The van der Waals surface area contributed by atoms with Crippen LogP contribution < -0.4 is 0 Å². The molecule has 2 saturated carbocycles. The molecule has 0 heterocycles. The van der Waals surface area contributed by atoms with Gasteiger partial charge in [0, 0.05) is 0 Å². The van der Waals surface area contributed by atoms with E-state index in [2.05, 4.69) is 20.8 Å². The standard InChI is InChI=1S/C11H20/c1-8(2)11(3)7-9-5-4-6-10(9)11/h8-10H,4-7H2,1-3H3. The van der Waals surface area contributed by atoms with Crippen molar-refractivity contribution in [2.24, 2.45) is 23.2 Å². The maximum Gasteiger partial charge on any atom is -0.0269 e. The number of hydrogen-bond donors (Lipinski definition) is 0. The molecule has 0 nitrogen and oxygen atoms in total. The lowest BCUT2D eigenvalue weighted by atomic mass is 9.51. The van der Waals surface area contributed by atoms with Gasteiger partial charge in [0.2, 0.25) is 0 Å². The van der Waals surface area contributed by atoms with Crippen molar-refractivity contribution in [3.05, 3.63) is 0 Å². The van der Waals surface area contributed by atoms with E-state index < -0.39 is 0 Å². The van der Waals surface area contributed by atoms with Crippen LogP contribution in [0.25, 0.3) is 0 Å². The van der Waals surface area contributed by atoms with E-state index in [1.165, 1.54) is 25.7 Å². The maximum atomic E-state index is 2.50. The molecule has 0 aromatic heterocycles. The summed E-state index contributed by atoms with van der Waals surface area (Å²) in [6.45, 7) is 7.30. The first-order valence-electron chi connectivity index (χ1n) is 5.14. The highest BCUT2D eigenvalue weighted by atomic mass is 14.6. The topological polar surface area (TPSA) is 0 Å². The van der Waals surface area contributed by atoms with E-state index in [1.54, 1.807) is 0 Å². The molecule has 0 spiro atoms. The third-order valence-corrected chi connectivity index (χ3v) is 4.53. The minimum atomic E-state index is 0.723. The van der Waals surface area contributed by atoms with Crippen LogP contribution in [0.4, 0.5) is 0 Å². The Labute approximate surface area is 70.4 Å². The fourth-order valence-corrected chi connectivity index (χ4v) is 3.37. The molecule has 0 radical (unpaired) electrons. The van der Waals surface area contributed by atoms with Crippen molar-refractivity contribution in [3.8, 4) is 0 Å². The Morgan fingerprint density at radius 1 is 1.27 bits per heavy atom. The Kier molecular flexibility index (Phi) is 1.56. The number of fused-ring (bicyclic) bond motifs is 1. The van der Waals surface area contributed by atoms with Crippen LogP contribution in [0.2, 0.25) is 0 Å². The van der Waals surface area contributed by atoms with Crippen LogP contribution in [0.3, 0.4) is 0 Å². The van der Waals surface area contributed by atoms with Gasteiger partial charge in [-0.2, -0.15) is 0 Å². The largest absolute Gasteiger partial charge is 0.0622 e. The summed E-state index contributed by atoms with van der Waals surface area (Å²) in [5.74, 6) is 3.13. The van der Waals surface area contributed by atoms with E-state index in [9.17, 15) is 0 Å². The summed E-state index contributed by atoms with van der Waals surface area (Å²) in [6, 6.07) is 0. The van der Waals surface area contributed by atoms with Gasteiger partial charge in [0.05, 0.1) is 0 Å². The Balaban J connectivity index is 2.08. The smallest absolute Gasteiger partial charge is 0.0269 e. The molecule has 2 aliphatic carbocycles. The molecule has 0 heteroatoms. The quantitative estimate of drug-likeness (QED) is 0.539. The van der Waals surface area contributed by atoms with Crippen LogP contribution >= 0.6 is 0 Å². The molecule has 0 bridgehead atoms. The minimum absolute atomic E-state index is 0.723. The maximum absolute atomic E-state index is 2.50.